The van der Waals surface area contributed by atoms with Crippen LogP contribution in [0.15, 0.2) is 40.9 Å². The number of carbonyl (C=O) groups is 1. The van der Waals surface area contributed by atoms with Gasteiger partial charge in [0.2, 0.25) is 5.91 Å². The largest absolute Gasteiger partial charge is 0.359 e. The van der Waals surface area contributed by atoms with Crippen molar-refractivity contribution in [1.29, 1.82) is 0 Å². The van der Waals surface area contributed by atoms with Crippen LogP contribution in [0.2, 0.25) is 0 Å². The quantitative estimate of drug-likeness (QED) is 0.844. The monoisotopic (exact) mass is 259 g/mol. The normalized spacial score (nSPS) is 12.1. The third-order valence-electron chi connectivity index (χ3n) is 2.75. The second kappa shape index (κ2) is 6.15. The van der Waals surface area contributed by atoms with Crippen molar-refractivity contribution in [3.63, 3.8) is 0 Å². The fourth-order valence-corrected chi connectivity index (χ4v) is 1.77. The van der Waals surface area contributed by atoms with Gasteiger partial charge in [0.05, 0.1) is 18.3 Å². The van der Waals surface area contributed by atoms with Gasteiger partial charge in [-0.15, -0.1) is 0 Å². The number of nitrogens with zero attached hydrogens (tertiary/aromatic N) is 1. The van der Waals surface area contributed by atoms with Crippen LogP contribution in [0.3, 0.4) is 0 Å². The van der Waals surface area contributed by atoms with Gasteiger partial charge in [-0.05, 0) is 18.9 Å². The lowest BCUT2D eigenvalue weighted by Crippen LogP contribution is -2.41. The Morgan fingerprint density at radius 2 is 2.16 bits per heavy atom. The van der Waals surface area contributed by atoms with Crippen molar-refractivity contribution in [2.75, 3.05) is 0 Å². The minimum atomic E-state index is -0.564. The highest BCUT2D eigenvalue weighted by Crippen LogP contribution is 2.03. The molecule has 1 atom stereocenters. The van der Waals surface area contributed by atoms with Crippen LogP contribution in [-0.2, 0) is 17.8 Å². The summed E-state index contributed by atoms with van der Waals surface area (Å²) in [6.45, 7) is 2.14. The van der Waals surface area contributed by atoms with Crippen LogP contribution < -0.4 is 11.1 Å². The molecular weight excluding hydrogens is 242 g/mol. The second-order valence-corrected chi connectivity index (χ2v) is 4.45. The molecule has 0 fully saturated rings. The fourth-order valence-electron chi connectivity index (χ4n) is 1.77. The molecule has 2 rings (SSSR count). The number of amides is 1. The van der Waals surface area contributed by atoms with Crippen molar-refractivity contribution in [1.82, 2.24) is 10.5 Å². The number of benzene rings is 1. The zero-order valence-corrected chi connectivity index (χ0v) is 10.8. The van der Waals surface area contributed by atoms with Crippen molar-refractivity contribution in [3.05, 3.63) is 53.4 Å². The molecule has 0 saturated heterocycles. The average Bonchev–Trinajstić information content (AvgIpc) is 2.83. The van der Waals surface area contributed by atoms with E-state index >= 15 is 0 Å². The lowest BCUT2D eigenvalue weighted by molar-refractivity contribution is -0.122. The molecule has 0 spiro atoms. The summed E-state index contributed by atoms with van der Waals surface area (Å²) in [5.74, 6) is 0.427. The Morgan fingerprint density at radius 1 is 1.42 bits per heavy atom. The minimum Gasteiger partial charge on any atom is -0.359 e. The molecule has 0 bridgehead atoms. The summed E-state index contributed by atoms with van der Waals surface area (Å²) in [6, 6.07) is 10.9. The number of rotatable bonds is 5. The lowest BCUT2D eigenvalue weighted by Gasteiger charge is -2.11. The molecule has 1 heterocycles. The first-order chi connectivity index (χ1) is 9.15. The third-order valence-corrected chi connectivity index (χ3v) is 2.75. The topological polar surface area (TPSA) is 81.2 Å². The van der Waals surface area contributed by atoms with E-state index in [1.165, 1.54) is 0 Å². The number of aryl methyl sites for hydroxylation is 1. The van der Waals surface area contributed by atoms with Crippen LogP contribution in [-0.4, -0.2) is 17.1 Å². The van der Waals surface area contributed by atoms with Gasteiger partial charge in [0.15, 0.2) is 5.76 Å². The van der Waals surface area contributed by atoms with E-state index < -0.39 is 6.04 Å². The van der Waals surface area contributed by atoms with Gasteiger partial charge < -0.3 is 15.6 Å². The fraction of sp³-hybridized carbons (Fsp3) is 0.286. The highest BCUT2D eigenvalue weighted by atomic mass is 16.5. The van der Waals surface area contributed by atoms with Gasteiger partial charge in [-0.2, -0.15) is 0 Å². The van der Waals surface area contributed by atoms with E-state index in [9.17, 15) is 4.79 Å². The first-order valence-electron chi connectivity index (χ1n) is 6.14. The molecule has 3 N–H and O–H groups in total. The van der Waals surface area contributed by atoms with E-state index in [4.69, 9.17) is 10.3 Å². The van der Waals surface area contributed by atoms with E-state index in [1.807, 2.05) is 37.3 Å². The van der Waals surface area contributed by atoms with E-state index in [-0.39, 0.29) is 5.91 Å². The highest BCUT2D eigenvalue weighted by molar-refractivity contribution is 5.81. The van der Waals surface area contributed by atoms with Crippen molar-refractivity contribution in [2.45, 2.75) is 25.9 Å². The summed E-state index contributed by atoms with van der Waals surface area (Å²) in [5, 5.41) is 6.48. The molecule has 2 aromatic rings. The van der Waals surface area contributed by atoms with Crippen LogP contribution in [0.1, 0.15) is 17.0 Å². The molecule has 0 unspecified atom stereocenters. The second-order valence-electron chi connectivity index (χ2n) is 4.45. The summed E-state index contributed by atoms with van der Waals surface area (Å²) in [7, 11) is 0. The maximum Gasteiger partial charge on any atom is 0.237 e. The summed E-state index contributed by atoms with van der Waals surface area (Å²) in [4.78, 5) is 11.8. The zero-order chi connectivity index (χ0) is 13.7. The molecular formula is C14H17N3O2. The SMILES string of the molecule is Cc1cc(CNC(=O)[C@H](N)Cc2ccccc2)on1. The van der Waals surface area contributed by atoms with Crippen molar-refractivity contribution in [3.8, 4) is 0 Å². The van der Waals surface area contributed by atoms with Crippen LogP contribution in [0.4, 0.5) is 0 Å². The van der Waals surface area contributed by atoms with E-state index in [0.29, 0.717) is 18.7 Å². The van der Waals surface area contributed by atoms with Gasteiger partial charge in [-0.25, -0.2) is 0 Å². The minimum absolute atomic E-state index is 0.196. The molecule has 5 nitrogen and oxygen atoms in total. The zero-order valence-electron chi connectivity index (χ0n) is 10.8. The summed E-state index contributed by atoms with van der Waals surface area (Å²) in [5.41, 5.74) is 7.69. The Balaban J connectivity index is 1.82. The van der Waals surface area contributed by atoms with Crippen LogP contribution in [0, 0.1) is 6.92 Å². The molecule has 1 aromatic carbocycles. The van der Waals surface area contributed by atoms with Gasteiger partial charge in [0, 0.05) is 6.07 Å². The molecule has 0 aliphatic rings. The Labute approximate surface area is 111 Å². The number of carbonyl (C=O) groups excluding carboxylic acids is 1. The third kappa shape index (κ3) is 3.93. The first kappa shape index (κ1) is 13.3. The molecule has 1 aromatic heterocycles. The van der Waals surface area contributed by atoms with Gasteiger partial charge in [0.25, 0.3) is 0 Å². The van der Waals surface area contributed by atoms with E-state index in [1.54, 1.807) is 6.07 Å². The number of nitrogens with two attached hydrogens (primary N) is 1. The Bertz CT molecular complexity index is 537. The van der Waals surface area contributed by atoms with Crippen LogP contribution in [0.5, 0.6) is 0 Å². The molecule has 0 aliphatic heterocycles. The molecule has 100 valence electrons. The molecule has 0 radical (unpaired) electrons. The standard InChI is InChI=1S/C14H17N3O2/c1-10-7-12(19-17-10)9-16-14(18)13(15)8-11-5-3-2-4-6-11/h2-7,13H,8-9,15H2,1H3,(H,16,18)/t13-/m1/s1. The van der Waals surface area contributed by atoms with Crippen molar-refractivity contribution in [2.24, 2.45) is 5.73 Å². The van der Waals surface area contributed by atoms with Crippen molar-refractivity contribution < 1.29 is 9.32 Å². The summed E-state index contributed by atoms with van der Waals surface area (Å²) in [6.07, 6.45) is 0.516. The highest BCUT2D eigenvalue weighted by Gasteiger charge is 2.14. The predicted molar refractivity (Wildman–Crippen MR) is 71.2 cm³/mol. The molecule has 0 aliphatic carbocycles. The average molecular weight is 259 g/mol. The van der Waals surface area contributed by atoms with Gasteiger partial charge >= 0.3 is 0 Å². The smallest absolute Gasteiger partial charge is 0.237 e. The van der Waals surface area contributed by atoms with E-state index in [2.05, 4.69) is 10.5 Å². The molecule has 1 amide bonds. The summed E-state index contributed by atoms with van der Waals surface area (Å²) >= 11 is 0. The number of aromatic nitrogens is 1. The van der Waals surface area contributed by atoms with Crippen LogP contribution >= 0.6 is 0 Å². The van der Waals surface area contributed by atoms with E-state index in [0.717, 1.165) is 11.3 Å². The maximum absolute atomic E-state index is 11.8. The van der Waals surface area contributed by atoms with Crippen LogP contribution in [0.25, 0.3) is 0 Å². The Hall–Kier alpha value is -2.14. The molecule has 19 heavy (non-hydrogen) atoms. The Morgan fingerprint density at radius 3 is 2.79 bits per heavy atom. The first-order valence-corrected chi connectivity index (χ1v) is 6.14. The van der Waals surface area contributed by atoms with Gasteiger partial charge in [-0.1, -0.05) is 35.5 Å². The van der Waals surface area contributed by atoms with Gasteiger partial charge in [-0.3, -0.25) is 4.79 Å². The number of hydrogen-bond donors (Lipinski definition) is 2. The van der Waals surface area contributed by atoms with Crippen molar-refractivity contribution >= 4 is 5.91 Å². The Kier molecular flexibility index (Phi) is 4.30. The molecule has 0 saturated carbocycles. The lowest BCUT2D eigenvalue weighted by atomic mass is 10.1. The van der Waals surface area contributed by atoms with Gasteiger partial charge in [0.1, 0.15) is 0 Å². The summed E-state index contributed by atoms with van der Waals surface area (Å²) < 4.78 is 5.01. The maximum atomic E-state index is 11.8. The predicted octanol–water partition coefficient (Wildman–Crippen LogP) is 1.17. The number of hydrogen-bond acceptors (Lipinski definition) is 4. The number of nitrogens with one attached hydrogen (secondary N) is 1. The molecule has 5 heteroatoms.